The minimum absolute atomic E-state index is 0.176. The fraction of sp³-hybridized carbons (Fsp3) is 0.571. The van der Waals surface area contributed by atoms with E-state index in [2.05, 4.69) is 34.7 Å². The van der Waals surface area contributed by atoms with E-state index in [1.807, 2.05) is 0 Å². The Kier molecular flexibility index (Phi) is 7.20. The number of hydrogen-bond acceptors (Lipinski definition) is 1. The second kappa shape index (κ2) is 8.13. The van der Waals surface area contributed by atoms with Crippen LogP contribution in [0.25, 0.3) is 0 Å². The molecule has 1 nitrogen and oxygen atoms in total. The quantitative estimate of drug-likeness (QED) is 0.642. The van der Waals surface area contributed by atoms with Crippen molar-refractivity contribution in [2.45, 2.75) is 39.3 Å². The predicted octanol–water partition coefficient (Wildman–Crippen LogP) is 4.86. The van der Waals surface area contributed by atoms with E-state index in [1.54, 1.807) is 12.1 Å². The Labute approximate surface area is 122 Å². The van der Waals surface area contributed by atoms with E-state index >= 15 is 0 Å². The molecule has 1 aromatic carbocycles. The molecule has 0 atom stereocenters. The molecule has 0 fully saturated rings. The highest BCUT2D eigenvalue weighted by atomic mass is 79.9. The molecule has 0 aliphatic rings. The first-order valence-electron chi connectivity index (χ1n) is 6.36. The van der Waals surface area contributed by atoms with Crippen LogP contribution >= 0.6 is 27.5 Å². The van der Waals surface area contributed by atoms with Gasteiger partial charge in [0.05, 0.1) is 0 Å². The van der Waals surface area contributed by atoms with Gasteiger partial charge in [-0.15, -0.1) is 0 Å². The molecule has 0 amide bonds. The van der Waals surface area contributed by atoms with Crippen molar-refractivity contribution in [3.8, 4) is 0 Å². The second-order valence-corrected chi connectivity index (χ2v) is 5.59. The molecule has 4 heteroatoms. The molecular weight excluding hydrogens is 317 g/mol. The molecule has 1 aromatic rings. The van der Waals surface area contributed by atoms with Gasteiger partial charge in [0, 0.05) is 35.0 Å². The third kappa shape index (κ3) is 4.52. The first-order chi connectivity index (χ1) is 8.62. The Morgan fingerprint density at radius 2 is 2.00 bits per heavy atom. The number of halogens is 3. The Morgan fingerprint density at radius 1 is 1.33 bits per heavy atom. The van der Waals surface area contributed by atoms with Gasteiger partial charge in [-0.05, 0) is 31.0 Å². The van der Waals surface area contributed by atoms with Crippen molar-refractivity contribution < 1.29 is 4.39 Å². The highest BCUT2D eigenvalue weighted by Crippen LogP contribution is 2.19. The van der Waals surface area contributed by atoms with Gasteiger partial charge in [0.25, 0.3) is 0 Å². The number of nitrogens with zero attached hydrogens (tertiary/aromatic N) is 1. The lowest BCUT2D eigenvalue weighted by Crippen LogP contribution is -2.35. The van der Waals surface area contributed by atoms with Crippen molar-refractivity contribution in [3.05, 3.63) is 34.6 Å². The van der Waals surface area contributed by atoms with E-state index < -0.39 is 0 Å². The normalized spacial score (nSPS) is 11.5. The highest BCUT2D eigenvalue weighted by Gasteiger charge is 2.16. The SMILES string of the molecule is CCC(CC)N(CCBr)Cc1cc(Cl)ccc1F. The smallest absolute Gasteiger partial charge is 0.127 e. The summed E-state index contributed by atoms with van der Waals surface area (Å²) in [5.41, 5.74) is 0.676. The summed E-state index contributed by atoms with van der Waals surface area (Å²) in [5, 5.41) is 1.49. The standard InChI is InChI=1S/C14H20BrClFN/c1-3-13(4-2)18(8-7-15)10-11-9-12(16)5-6-14(11)17/h5-6,9,13H,3-4,7-8,10H2,1-2H3. The third-order valence-electron chi connectivity index (χ3n) is 3.21. The van der Waals surface area contributed by atoms with Gasteiger partial charge in [-0.1, -0.05) is 41.4 Å². The minimum atomic E-state index is -0.176. The number of hydrogen-bond donors (Lipinski definition) is 0. The molecule has 0 N–H and O–H groups in total. The summed E-state index contributed by atoms with van der Waals surface area (Å²) in [6.45, 7) is 5.87. The molecular formula is C14H20BrClFN. The highest BCUT2D eigenvalue weighted by molar-refractivity contribution is 9.09. The zero-order valence-electron chi connectivity index (χ0n) is 10.9. The first-order valence-corrected chi connectivity index (χ1v) is 7.86. The monoisotopic (exact) mass is 335 g/mol. The van der Waals surface area contributed by atoms with Crippen LogP contribution in [-0.4, -0.2) is 22.8 Å². The van der Waals surface area contributed by atoms with Crippen molar-refractivity contribution in [2.24, 2.45) is 0 Å². The van der Waals surface area contributed by atoms with Crippen molar-refractivity contribution in [3.63, 3.8) is 0 Å². The molecule has 0 aromatic heterocycles. The summed E-state index contributed by atoms with van der Waals surface area (Å²) < 4.78 is 13.7. The van der Waals surface area contributed by atoms with E-state index in [-0.39, 0.29) is 5.82 Å². The molecule has 18 heavy (non-hydrogen) atoms. The largest absolute Gasteiger partial charge is 0.295 e. The van der Waals surface area contributed by atoms with Crippen LogP contribution in [0.2, 0.25) is 5.02 Å². The van der Waals surface area contributed by atoms with Gasteiger partial charge in [0.1, 0.15) is 5.82 Å². The van der Waals surface area contributed by atoms with E-state index in [1.165, 1.54) is 6.07 Å². The molecule has 102 valence electrons. The van der Waals surface area contributed by atoms with Crippen LogP contribution in [0.3, 0.4) is 0 Å². The maximum Gasteiger partial charge on any atom is 0.127 e. The van der Waals surface area contributed by atoms with Crippen molar-refractivity contribution in [1.82, 2.24) is 4.90 Å². The molecule has 0 spiro atoms. The van der Waals surface area contributed by atoms with E-state index in [0.29, 0.717) is 23.2 Å². The van der Waals surface area contributed by atoms with Gasteiger partial charge in [0.2, 0.25) is 0 Å². The van der Waals surface area contributed by atoms with Crippen molar-refractivity contribution in [1.29, 1.82) is 0 Å². The minimum Gasteiger partial charge on any atom is -0.295 e. The maximum absolute atomic E-state index is 13.7. The van der Waals surface area contributed by atoms with Crippen LogP contribution in [0.1, 0.15) is 32.3 Å². The molecule has 1 rings (SSSR count). The van der Waals surface area contributed by atoms with E-state index in [9.17, 15) is 4.39 Å². The summed E-state index contributed by atoms with van der Waals surface area (Å²) in [6.07, 6.45) is 2.15. The van der Waals surface area contributed by atoms with Crippen LogP contribution in [0.15, 0.2) is 18.2 Å². The number of alkyl halides is 1. The zero-order valence-corrected chi connectivity index (χ0v) is 13.3. The molecule has 0 heterocycles. The zero-order chi connectivity index (χ0) is 13.5. The topological polar surface area (TPSA) is 3.24 Å². The van der Waals surface area contributed by atoms with Gasteiger partial charge >= 0.3 is 0 Å². The average molecular weight is 337 g/mol. The maximum atomic E-state index is 13.7. The lowest BCUT2D eigenvalue weighted by molar-refractivity contribution is 0.187. The fourth-order valence-corrected chi connectivity index (χ4v) is 2.84. The summed E-state index contributed by atoms with van der Waals surface area (Å²) in [6, 6.07) is 5.24. The first kappa shape index (κ1) is 15.9. The average Bonchev–Trinajstić information content (AvgIpc) is 2.35. The van der Waals surface area contributed by atoms with Gasteiger partial charge in [-0.2, -0.15) is 0 Å². The summed E-state index contributed by atoms with van der Waals surface area (Å²) in [7, 11) is 0. The van der Waals surface area contributed by atoms with Crippen molar-refractivity contribution >= 4 is 27.5 Å². The molecule has 0 unspecified atom stereocenters. The van der Waals surface area contributed by atoms with E-state index in [0.717, 1.165) is 24.7 Å². The van der Waals surface area contributed by atoms with Gasteiger partial charge in [-0.25, -0.2) is 4.39 Å². The van der Waals surface area contributed by atoms with Gasteiger partial charge in [-0.3, -0.25) is 4.90 Å². The Morgan fingerprint density at radius 3 is 2.56 bits per heavy atom. The van der Waals surface area contributed by atoms with Gasteiger partial charge in [0.15, 0.2) is 0 Å². The lowest BCUT2D eigenvalue weighted by atomic mass is 10.1. The van der Waals surface area contributed by atoms with Crippen LogP contribution in [0.4, 0.5) is 4.39 Å². The molecule has 0 aliphatic heterocycles. The van der Waals surface area contributed by atoms with Crippen LogP contribution in [0.5, 0.6) is 0 Å². The summed E-state index contributed by atoms with van der Waals surface area (Å²) >= 11 is 9.39. The second-order valence-electron chi connectivity index (χ2n) is 4.37. The third-order valence-corrected chi connectivity index (χ3v) is 3.80. The lowest BCUT2D eigenvalue weighted by Gasteiger charge is -2.30. The molecule has 0 saturated heterocycles. The molecule has 0 saturated carbocycles. The molecule has 0 bridgehead atoms. The Hall–Kier alpha value is -0.120. The van der Waals surface area contributed by atoms with Crippen LogP contribution in [-0.2, 0) is 6.54 Å². The number of benzene rings is 1. The predicted molar refractivity (Wildman–Crippen MR) is 80.0 cm³/mol. The number of rotatable bonds is 7. The Balaban J connectivity index is 2.85. The molecule has 0 radical (unpaired) electrons. The molecule has 0 aliphatic carbocycles. The van der Waals surface area contributed by atoms with Crippen LogP contribution < -0.4 is 0 Å². The Bertz CT molecular complexity index is 369. The summed E-state index contributed by atoms with van der Waals surface area (Å²) in [4.78, 5) is 2.31. The van der Waals surface area contributed by atoms with E-state index in [4.69, 9.17) is 11.6 Å². The van der Waals surface area contributed by atoms with Crippen molar-refractivity contribution in [2.75, 3.05) is 11.9 Å². The van der Waals surface area contributed by atoms with Crippen LogP contribution in [0, 0.1) is 5.82 Å². The fourth-order valence-electron chi connectivity index (χ4n) is 2.19. The summed E-state index contributed by atoms with van der Waals surface area (Å²) in [5.74, 6) is -0.176. The van der Waals surface area contributed by atoms with Gasteiger partial charge < -0.3 is 0 Å².